The van der Waals surface area contributed by atoms with E-state index in [9.17, 15) is 15.0 Å². The third-order valence-electron chi connectivity index (χ3n) is 5.12. The minimum absolute atomic E-state index is 0.154. The topological polar surface area (TPSA) is 110 Å². The molecule has 0 radical (unpaired) electrons. The van der Waals surface area contributed by atoms with Crippen molar-refractivity contribution in [2.75, 3.05) is 6.54 Å². The second-order valence-corrected chi connectivity index (χ2v) is 9.37. The standard InChI is InChI=1S/C20H33BN2O6/c1-18(2,3)27-17(26)23-9-8-15(24)16(25)13-10-14(12-22-11-13)21-28-19(4,5)20(6,7)29-21/h10-12,15-16,24-25H,8-9H2,1-7H3,(H,23,26). The molecule has 1 aromatic rings. The predicted octanol–water partition coefficient (Wildman–Crippen LogP) is 1.69. The number of carbonyl (C=O) groups is 1. The zero-order valence-electron chi connectivity index (χ0n) is 18.4. The molecule has 29 heavy (non-hydrogen) atoms. The van der Waals surface area contributed by atoms with Crippen LogP contribution in [0, 0.1) is 0 Å². The highest BCUT2D eigenvalue weighted by atomic mass is 16.7. The number of rotatable bonds is 6. The summed E-state index contributed by atoms with van der Waals surface area (Å²) in [4.78, 5) is 15.8. The maximum atomic E-state index is 11.7. The molecule has 3 N–H and O–H groups in total. The highest BCUT2D eigenvalue weighted by molar-refractivity contribution is 6.62. The molecule has 2 rings (SSSR count). The highest BCUT2D eigenvalue weighted by Gasteiger charge is 2.51. The third-order valence-corrected chi connectivity index (χ3v) is 5.12. The van der Waals surface area contributed by atoms with Gasteiger partial charge in [-0.1, -0.05) is 6.07 Å². The van der Waals surface area contributed by atoms with Crippen LogP contribution in [-0.2, 0) is 14.0 Å². The van der Waals surface area contributed by atoms with Gasteiger partial charge in [-0.05, 0) is 54.9 Å². The Labute approximate surface area is 173 Å². The Balaban J connectivity index is 1.95. The Morgan fingerprint density at radius 1 is 1.21 bits per heavy atom. The number of pyridine rings is 1. The van der Waals surface area contributed by atoms with Crippen molar-refractivity contribution in [1.29, 1.82) is 0 Å². The fourth-order valence-electron chi connectivity index (χ4n) is 2.76. The van der Waals surface area contributed by atoms with Crippen molar-refractivity contribution in [3.05, 3.63) is 24.0 Å². The minimum Gasteiger partial charge on any atom is -0.444 e. The van der Waals surface area contributed by atoms with Crippen LogP contribution in [0.15, 0.2) is 18.5 Å². The Morgan fingerprint density at radius 2 is 1.79 bits per heavy atom. The van der Waals surface area contributed by atoms with Gasteiger partial charge in [-0.15, -0.1) is 0 Å². The number of amides is 1. The summed E-state index contributed by atoms with van der Waals surface area (Å²) in [5.41, 5.74) is -0.457. The maximum Gasteiger partial charge on any atom is 0.496 e. The summed E-state index contributed by atoms with van der Waals surface area (Å²) >= 11 is 0. The van der Waals surface area contributed by atoms with E-state index < -0.39 is 42.2 Å². The van der Waals surface area contributed by atoms with E-state index in [4.69, 9.17) is 14.0 Å². The molecule has 0 aliphatic carbocycles. The molecule has 1 aliphatic rings. The molecule has 1 fully saturated rings. The monoisotopic (exact) mass is 408 g/mol. The lowest BCUT2D eigenvalue weighted by Crippen LogP contribution is -2.41. The Morgan fingerprint density at radius 3 is 2.34 bits per heavy atom. The summed E-state index contributed by atoms with van der Waals surface area (Å²) in [7, 11) is -0.606. The molecule has 0 aromatic carbocycles. The molecule has 9 heteroatoms. The van der Waals surface area contributed by atoms with Crippen LogP contribution in [0.5, 0.6) is 0 Å². The van der Waals surface area contributed by atoms with E-state index in [0.717, 1.165) is 0 Å². The predicted molar refractivity (Wildman–Crippen MR) is 110 cm³/mol. The Kier molecular flexibility index (Phi) is 6.99. The van der Waals surface area contributed by atoms with Gasteiger partial charge in [-0.2, -0.15) is 0 Å². The van der Waals surface area contributed by atoms with Gasteiger partial charge >= 0.3 is 13.2 Å². The summed E-state index contributed by atoms with van der Waals surface area (Å²) in [6.45, 7) is 13.3. The van der Waals surface area contributed by atoms with Crippen LogP contribution in [-0.4, -0.2) is 57.9 Å². The number of hydrogen-bond acceptors (Lipinski definition) is 7. The first kappa shape index (κ1) is 23.6. The number of aliphatic hydroxyl groups excluding tert-OH is 2. The van der Waals surface area contributed by atoms with Crippen LogP contribution in [0.1, 0.15) is 66.6 Å². The number of alkyl carbamates (subject to hydrolysis) is 1. The van der Waals surface area contributed by atoms with Gasteiger partial charge in [0.2, 0.25) is 0 Å². The quantitative estimate of drug-likeness (QED) is 0.615. The molecule has 1 saturated heterocycles. The number of carbonyl (C=O) groups excluding carboxylic acids is 1. The van der Waals surface area contributed by atoms with Crippen LogP contribution >= 0.6 is 0 Å². The molecule has 8 nitrogen and oxygen atoms in total. The molecule has 0 bridgehead atoms. The number of hydrogen-bond donors (Lipinski definition) is 3. The van der Waals surface area contributed by atoms with Crippen LogP contribution < -0.4 is 10.8 Å². The minimum atomic E-state index is -1.16. The van der Waals surface area contributed by atoms with Gasteiger partial charge in [0.15, 0.2) is 0 Å². The molecule has 2 atom stereocenters. The summed E-state index contributed by atoms with van der Waals surface area (Å²) in [5.74, 6) is 0. The molecule has 2 unspecified atom stereocenters. The van der Waals surface area contributed by atoms with Gasteiger partial charge in [0.1, 0.15) is 11.7 Å². The molecular formula is C20H33BN2O6. The zero-order chi connectivity index (χ0) is 22.0. The van der Waals surface area contributed by atoms with Gasteiger partial charge in [0, 0.05) is 30.0 Å². The lowest BCUT2D eigenvalue weighted by atomic mass is 9.79. The average molecular weight is 408 g/mol. The van der Waals surface area contributed by atoms with Gasteiger partial charge in [-0.3, -0.25) is 4.98 Å². The largest absolute Gasteiger partial charge is 0.496 e. The van der Waals surface area contributed by atoms with Crippen molar-refractivity contribution in [1.82, 2.24) is 10.3 Å². The molecule has 2 heterocycles. The summed E-state index contributed by atoms with van der Waals surface area (Å²) in [6, 6.07) is 1.71. The van der Waals surface area contributed by atoms with Gasteiger partial charge < -0.3 is 29.6 Å². The summed E-state index contributed by atoms with van der Waals surface area (Å²) in [5, 5.41) is 23.4. The van der Waals surface area contributed by atoms with Gasteiger partial charge in [0.25, 0.3) is 0 Å². The molecule has 0 saturated carbocycles. The molecular weight excluding hydrogens is 375 g/mol. The lowest BCUT2D eigenvalue weighted by molar-refractivity contribution is 0.00578. The first-order valence-electron chi connectivity index (χ1n) is 9.85. The maximum absolute atomic E-state index is 11.7. The number of aromatic nitrogens is 1. The number of aliphatic hydroxyl groups is 2. The van der Waals surface area contributed by atoms with E-state index in [1.165, 1.54) is 6.20 Å². The Bertz CT molecular complexity index is 703. The van der Waals surface area contributed by atoms with Gasteiger partial charge in [0.05, 0.1) is 17.3 Å². The smallest absolute Gasteiger partial charge is 0.444 e. The molecule has 1 amide bonds. The SMILES string of the molecule is CC(C)(C)OC(=O)NCCC(O)C(O)c1cncc(B2OC(C)(C)C(C)(C)O2)c1. The van der Waals surface area contributed by atoms with E-state index >= 15 is 0 Å². The fraction of sp³-hybridized carbons (Fsp3) is 0.700. The van der Waals surface area contributed by atoms with Crippen LogP contribution in [0.2, 0.25) is 0 Å². The highest BCUT2D eigenvalue weighted by Crippen LogP contribution is 2.36. The average Bonchev–Trinajstić information content (AvgIpc) is 2.80. The summed E-state index contributed by atoms with van der Waals surface area (Å²) in [6.07, 6.45) is 0.453. The van der Waals surface area contributed by atoms with Crippen molar-refractivity contribution < 1.29 is 29.1 Å². The normalized spacial score (nSPS) is 20.2. The zero-order valence-corrected chi connectivity index (χ0v) is 18.4. The van der Waals surface area contributed by atoms with Crippen molar-refractivity contribution >= 4 is 18.7 Å². The first-order chi connectivity index (χ1) is 13.2. The van der Waals surface area contributed by atoms with E-state index in [-0.39, 0.29) is 13.0 Å². The third kappa shape index (κ3) is 6.15. The van der Waals surface area contributed by atoms with Crippen LogP contribution in [0.4, 0.5) is 4.79 Å². The van der Waals surface area contributed by atoms with Crippen LogP contribution in [0.3, 0.4) is 0 Å². The van der Waals surface area contributed by atoms with E-state index in [1.54, 1.807) is 33.0 Å². The van der Waals surface area contributed by atoms with Crippen LogP contribution in [0.25, 0.3) is 0 Å². The number of ether oxygens (including phenoxy) is 1. The second-order valence-electron chi connectivity index (χ2n) is 9.37. The molecule has 1 aliphatic heterocycles. The van der Waals surface area contributed by atoms with E-state index in [0.29, 0.717) is 11.0 Å². The molecule has 1 aromatic heterocycles. The van der Waals surface area contributed by atoms with E-state index in [1.807, 2.05) is 27.7 Å². The molecule has 162 valence electrons. The van der Waals surface area contributed by atoms with E-state index in [2.05, 4.69) is 10.3 Å². The van der Waals surface area contributed by atoms with Gasteiger partial charge in [-0.25, -0.2) is 4.79 Å². The lowest BCUT2D eigenvalue weighted by Gasteiger charge is -2.32. The fourth-order valence-corrected chi connectivity index (χ4v) is 2.76. The Hall–Kier alpha value is -1.68. The van der Waals surface area contributed by atoms with Crippen molar-refractivity contribution in [3.63, 3.8) is 0 Å². The summed E-state index contributed by atoms with van der Waals surface area (Å²) < 4.78 is 17.2. The number of nitrogens with zero attached hydrogens (tertiary/aromatic N) is 1. The molecule has 0 spiro atoms. The first-order valence-corrected chi connectivity index (χ1v) is 9.85. The van der Waals surface area contributed by atoms with Crippen molar-refractivity contribution in [2.45, 2.75) is 83.9 Å². The van der Waals surface area contributed by atoms with Crippen molar-refractivity contribution in [2.24, 2.45) is 0 Å². The van der Waals surface area contributed by atoms with Crippen molar-refractivity contribution in [3.8, 4) is 0 Å². The second kappa shape index (κ2) is 8.59. The number of nitrogens with one attached hydrogen (secondary N) is 1.